The molecule has 0 aliphatic carbocycles. The Morgan fingerprint density at radius 2 is 2.40 bits per heavy atom. The lowest BCUT2D eigenvalue weighted by molar-refractivity contribution is 0.249. The van der Waals surface area contributed by atoms with Crippen LogP contribution in [0.5, 0.6) is 0 Å². The van der Waals surface area contributed by atoms with Gasteiger partial charge in [0.05, 0.1) is 0 Å². The molecule has 1 aromatic rings. The number of hydrogen-bond donors (Lipinski definition) is 5. The highest BCUT2D eigenvalue weighted by atomic mass is 79.9. The topological polar surface area (TPSA) is 125 Å². The minimum absolute atomic E-state index is 0.0623. The number of carbonyl (C=O) groups excluding carboxylic acids is 1. The SMILES string of the molecule is CNNC(=O)Nc1nccc(Br)c1COC(=N)/C=C\N. The Morgan fingerprint density at radius 1 is 1.65 bits per heavy atom. The highest BCUT2D eigenvalue weighted by molar-refractivity contribution is 9.10. The molecular weight excluding hydrogens is 328 g/mol. The van der Waals surface area contributed by atoms with E-state index in [9.17, 15) is 4.79 Å². The molecular formula is C11H15BrN6O2. The van der Waals surface area contributed by atoms with Gasteiger partial charge in [0.25, 0.3) is 0 Å². The largest absolute Gasteiger partial charge is 0.473 e. The van der Waals surface area contributed by atoms with Crippen molar-refractivity contribution in [1.82, 2.24) is 15.8 Å². The zero-order valence-corrected chi connectivity index (χ0v) is 12.3. The molecule has 0 aliphatic heterocycles. The first-order valence-corrected chi connectivity index (χ1v) is 6.34. The van der Waals surface area contributed by atoms with Gasteiger partial charge in [-0.2, -0.15) is 0 Å². The summed E-state index contributed by atoms with van der Waals surface area (Å²) < 4.78 is 5.90. The van der Waals surface area contributed by atoms with Crippen LogP contribution in [0.15, 0.2) is 29.0 Å². The Kier molecular flexibility index (Phi) is 6.47. The lowest BCUT2D eigenvalue weighted by atomic mass is 10.2. The van der Waals surface area contributed by atoms with Gasteiger partial charge in [-0.15, -0.1) is 0 Å². The summed E-state index contributed by atoms with van der Waals surface area (Å²) in [4.78, 5) is 15.5. The van der Waals surface area contributed by atoms with Crippen molar-refractivity contribution in [3.63, 3.8) is 0 Å². The maximum absolute atomic E-state index is 11.5. The number of urea groups is 1. The number of nitrogens with zero attached hydrogens (tertiary/aromatic N) is 1. The van der Waals surface area contributed by atoms with Gasteiger partial charge in [-0.25, -0.2) is 15.2 Å². The molecule has 1 rings (SSSR count). The third kappa shape index (κ3) is 4.86. The molecule has 0 aliphatic rings. The van der Waals surface area contributed by atoms with Crippen LogP contribution in [-0.2, 0) is 11.3 Å². The van der Waals surface area contributed by atoms with Crippen LogP contribution in [0.2, 0.25) is 0 Å². The van der Waals surface area contributed by atoms with Crippen LogP contribution in [0.1, 0.15) is 5.56 Å². The number of carbonyl (C=O) groups is 1. The van der Waals surface area contributed by atoms with Crippen LogP contribution in [0, 0.1) is 5.41 Å². The van der Waals surface area contributed by atoms with Crippen molar-refractivity contribution in [2.24, 2.45) is 5.73 Å². The number of aromatic nitrogens is 1. The summed E-state index contributed by atoms with van der Waals surface area (Å²) in [5, 5.41) is 10.0. The smallest absolute Gasteiger partial charge is 0.334 e. The number of rotatable bonds is 5. The van der Waals surface area contributed by atoms with Crippen molar-refractivity contribution in [2.75, 3.05) is 12.4 Å². The number of ether oxygens (including phenoxy) is 1. The fourth-order valence-corrected chi connectivity index (χ4v) is 1.67. The average Bonchev–Trinajstić information content (AvgIpc) is 2.38. The molecule has 0 unspecified atom stereocenters. The van der Waals surface area contributed by atoms with Crippen LogP contribution in [-0.4, -0.2) is 24.0 Å². The van der Waals surface area contributed by atoms with Crippen LogP contribution >= 0.6 is 15.9 Å². The van der Waals surface area contributed by atoms with Gasteiger partial charge in [0.15, 0.2) is 0 Å². The van der Waals surface area contributed by atoms with E-state index in [-0.39, 0.29) is 12.5 Å². The Bertz CT molecular complexity index is 520. The van der Waals surface area contributed by atoms with Gasteiger partial charge in [-0.1, -0.05) is 15.9 Å². The van der Waals surface area contributed by atoms with E-state index in [1.54, 1.807) is 13.1 Å². The third-order valence-electron chi connectivity index (χ3n) is 2.09. The standard InChI is InChI=1S/C11H15BrN6O2/c1-15-18-11(19)17-10-7(8(12)3-5-16-10)6-20-9(14)2-4-13/h2-5,14-15H,6,13H2,1H3,(H2,16,17,18,19)/b4-2-,14-9?. The second kappa shape index (κ2) is 8.12. The number of hydrazine groups is 1. The first-order valence-electron chi connectivity index (χ1n) is 5.55. The highest BCUT2D eigenvalue weighted by Crippen LogP contribution is 2.23. The molecule has 108 valence electrons. The summed E-state index contributed by atoms with van der Waals surface area (Å²) >= 11 is 3.34. The van der Waals surface area contributed by atoms with E-state index < -0.39 is 6.03 Å². The average molecular weight is 343 g/mol. The maximum atomic E-state index is 11.5. The van der Waals surface area contributed by atoms with E-state index in [0.29, 0.717) is 15.9 Å². The molecule has 0 spiro atoms. The Morgan fingerprint density at radius 3 is 3.05 bits per heavy atom. The molecule has 9 heteroatoms. The van der Waals surface area contributed by atoms with Crippen LogP contribution in [0.4, 0.5) is 10.6 Å². The predicted octanol–water partition coefficient (Wildman–Crippen LogP) is 1.07. The number of anilines is 1. The van der Waals surface area contributed by atoms with E-state index in [2.05, 4.69) is 37.1 Å². The second-order valence-corrected chi connectivity index (χ2v) is 4.32. The van der Waals surface area contributed by atoms with Crippen molar-refractivity contribution < 1.29 is 9.53 Å². The zero-order valence-electron chi connectivity index (χ0n) is 10.7. The number of halogens is 1. The number of pyridine rings is 1. The second-order valence-electron chi connectivity index (χ2n) is 3.46. The molecule has 0 fully saturated rings. The summed E-state index contributed by atoms with van der Waals surface area (Å²) in [5.41, 5.74) is 10.6. The van der Waals surface area contributed by atoms with Gasteiger partial charge < -0.3 is 10.5 Å². The lowest BCUT2D eigenvalue weighted by Gasteiger charge is -2.12. The summed E-state index contributed by atoms with van der Waals surface area (Å²) in [5.74, 6) is 0.241. The number of amides is 2. The molecule has 6 N–H and O–H groups in total. The molecule has 1 aromatic heterocycles. The van der Waals surface area contributed by atoms with E-state index in [1.165, 1.54) is 18.5 Å². The molecule has 0 bridgehead atoms. The summed E-state index contributed by atoms with van der Waals surface area (Å²) in [7, 11) is 1.57. The number of nitrogens with one attached hydrogen (secondary N) is 4. The monoisotopic (exact) mass is 342 g/mol. The zero-order chi connectivity index (χ0) is 15.0. The quantitative estimate of drug-likeness (QED) is 0.311. The highest BCUT2D eigenvalue weighted by Gasteiger charge is 2.12. The molecule has 0 radical (unpaired) electrons. The fraction of sp³-hybridized carbons (Fsp3) is 0.182. The first kappa shape index (κ1) is 15.9. The Labute approximate surface area is 124 Å². The summed E-state index contributed by atoms with van der Waals surface area (Å²) in [6.07, 6.45) is 4.05. The van der Waals surface area contributed by atoms with Crippen LogP contribution in [0.3, 0.4) is 0 Å². The third-order valence-corrected chi connectivity index (χ3v) is 2.83. The normalized spacial score (nSPS) is 10.3. The van der Waals surface area contributed by atoms with E-state index in [1.807, 2.05) is 0 Å². The van der Waals surface area contributed by atoms with Gasteiger partial charge in [0, 0.05) is 29.4 Å². The summed E-state index contributed by atoms with van der Waals surface area (Å²) in [6, 6.07) is 1.25. The molecule has 0 aromatic carbocycles. The molecule has 2 amide bonds. The van der Waals surface area contributed by atoms with Crippen molar-refractivity contribution in [3.05, 3.63) is 34.6 Å². The Balaban J connectivity index is 2.82. The maximum Gasteiger partial charge on any atom is 0.334 e. The minimum atomic E-state index is -0.462. The number of hydrogen-bond acceptors (Lipinski definition) is 6. The molecule has 8 nitrogen and oxygen atoms in total. The van der Waals surface area contributed by atoms with Gasteiger partial charge in [-0.05, 0) is 12.3 Å². The van der Waals surface area contributed by atoms with Gasteiger partial charge in [-0.3, -0.25) is 16.2 Å². The predicted molar refractivity (Wildman–Crippen MR) is 79.0 cm³/mol. The molecule has 0 saturated carbocycles. The Hall–Kier alpha value is -2.13. The lowest BCUT2D eigenvalue weighted by Crippen LogP contribution is -2.38. The number of nitrogens with two attached hydrogens (primary N) is 1. The van der Waals surface area contributed by atoms with Crippen LogP contribution in [0.25, 0.3) is 0 Å². The van der Waals surface area contributed by atoms with Gasteiger partial charge in [0.1, 0.15) is 12.4 Å². The molecule has 20 heavy (non-hydrogen) atoms. The minimum Gasteiger partial charge on any atom is -0.473 e. The molecule has 1 heterocycles. The molecule has 0 atom stereocenters. The summed E-state index contributed by atoms with van der Waals surface area (Å²) in [6.45, 7) is 0.0623. The van der Waals surface area contributed by atoms with Crippen molar-refractivity contribution in [3.8, 4) is 0 Å². The molecule has 0 saturated heterocycles. The van der Waals surface area contributed by atoms with Crippen LogP contribution < -0.4 is 21.9 Å². The van der Waals surface area contributed by atoms with E-state index in [4.69, 9.17) is 15.9 Å². The first-order chi connectivity index (χ1) is 9.58. The van der Waals surface area contributed by atoms with Crippen molar-refractivity contribution >= 4 is 33.7 Å². The van der Waals surface area contributed by atoms with Crippen molar-refractivity contribution in [1.29, 1.82) is 5.41 Å². The van der Waals surface area contributed by atoms with E-state index >= 15 is 0 Å². The van der Waals surface area contributed by atoms with Gasteiger partial charge >= 0.3 is 6.03 Å². The van der Waals surface area contributed by atoms with E-state index in [0.717, 1.165) is 0 Å². The fourth-order valence-electron chi connectivity index (χ4n) is 1.25. The van der Waals surface area contributed by atoms with Crippen molar-refractivity contribution in [2.45, 2.75) is 6.61 Å². The van der Waals surface area contributed by atoms with Gasteiger partial charge in [0.2, 0.25) is 5.90 Å².